The zero-order chi connectivity index (χ0) is 19.1. The Morgan fingerprint density at radius 3 is 2.75 bits per heavy atom. The Kier molecular flexibility index (Phi) is 8.23. The lowest BCUT2D eigenvalue weighted by molar-refractivity contribution is 0.414. The fourth-order valence-corrected chi connectivity index (χ4v) is 2.63. The smallest absolute Gasteiger partial charge is 0.188 e. The van der Waals surface area contributed by atoms with Crippen molar-refractivity contribution in [3.63, 3.8) is 0 Å². The quantitative estimate of drug-likeness (QED) is 0.188. The Labute approximate surface area is 180 Å². The number of rotatable bonds is 8. The predicted octanol–water partition coefficient (Wildman–Crippen LogP) is 1.55. The van der Waals surface area contributed by atoms with Gasteiger partial charge in [-0.25, -0.2) is 9.97 Å². The lowest BCUT2D eigenvalue weighted by atomic mass is 10.1. The Balaban J connectivity index is 0.00000280. The summed E-state index contributed by atoms with van der Waals surface area (Å²) in [6.45, 7) is 1.90. The van der Waals surface area contributed by atoms with E-state index in [9.17, 15) is 0 Å². The molecule has 4 N–H and O–H groups in total. The second kappa shape index (κ2) is 10.6. The summed E-state index contributed by atoms with van der Waals surface area (Å²) in [6.07, 6.45) is 4.10. The van der Waals surface area contributed by atoms with E-state index >= 15 is 0 Å². The predicted molar refractivity (Wildman–Crippen MR) is 121 cm³/mol. The average molecular weight is 496 g/mol. The highest BCUT2D eigenvalue weighted by Gasteiger charge is 2.06. The SMILES string of the molecule is COc1ccc(CCN=C(N)NCCNc2ncnc3c2cnn3C)cc1.I. The molecule has 0 fully saturated rings. The van der Waals surface area contributed by atoms with Gasteiger partial charge >= 0.3 is 0 Å². The third kappa shape index (κ3) is 5.68. The summed E-state index contributed by atoms with van der Waals surface area (Å²) in [6, 6.07) is 7.95. The van der Waals surface area contributed by atoms with Gasteiger partial charge in [-0.2, -0.15) is 5.10 Å². The summed E-state index contributed by atoms with van der Waals surface area (Å²) in [4.78, 5) is 12.8. The number of nitrogens with two attached hydrogens (primary N) is 1. The van der Waals surface area contributed by atoms with E-state index in [1.807, 2.05) is 31.3 Å². The van der Waals surface area contributed by atoms with E-state index in [4.69, 9.17) is 10.5 Å². The molecule has 9 nitrogen and oxygen atoms in total. The van der Waals surface area contributed by atoms with Gasteiger partial charge in [0.15, 0.2) is 11.6 Å². The molecule has 150 valence electrons. The third-order valence-electron chi connectivity index (χ3n) is 4.09. The molecular weight excluding hydrogens is 471 g/mol. The first-order chi connectivity index (χ1) is 13.2. The molecule has 0 amide bonds. The standard InChI is InChI=1S/C18H24N8O.HI/c1-26-17-15(11-25-26)16(23-12-24-17)20-9-10-22-18(19)21-8-7-13-3-5-14(27-2)6-4-13;/h3-6,11-12H,7-10H2,1-2H3,(H3,19,21,22)(H,20,23,24);1H. The highest BCUT2D eigenvalue weighted by molar-refractivity contribution is 14.0. The number of hydrogen-bond acceptors (Lipinski definition) is 6. The number of aromatic nitrogens is 4. The Morgan fingerprint density at radius 2 is 2.00 bits per heavy atom. The zero-order valence-corrected chi connectivity index (χ0v) is 18.3. The van der Waals surface area contributed by atoms with Crippen LogP contribution < -0.4 is 21.1 Å². The van der Waals surface area contributed by atoms with Crippen LogP contribution in [0, 0.1) is 0 Å². The molecule has 28 heavy (non-hydrogen) atoms. The first kappa shape index (κ1) is 21.7. The van der Waals surface area contributed by atoms with Crippen LogP contribution in [0.4, 0.5) is 5.82 Å². The molecule has 0 spiro atoms. The number of aryl methyl sites for hydroxylation is 1. The number of anilines is 1. The zero-order valence-electron chi connectivity index (χ0n) is 15.9. The number of methoxy groups -OCH3 is 1. The van der Waals surface area contributed by atoms with E-state index < -0.39 is 0 Å². The van der Waals surface area contributed by atoms with E-state index in [1.54, 1.807) is 18.0 Å². The molecule has 0 atom stereocenters. The molecule has 0 aliphatic heterocycles. The fourth-order valence-electron chi connectivity index (χ4n) is 2.63. The molecule has 1 aromatic carbocycles. The lowest BCUT2D eigenvalue weighted by Gasteiger charge is -2.08. The average Bonchev–Trinajstić information content (AvgIpc) is 3.08. The molecule has 3 rings (SSSR count). The summed E-state index contributed by atoms with van der Waals surface area (Å²) in [5.74, 6) is 2.03. The van der Waals surface area contributed by atoms with Crippen LogP contribution >= 0.6 is 24.0 Å². The van der Waals surface area contributed by atoms with Gasteiger partial charge in [-0.05, 0) is 24.1 Å². The molecule has 10 heteroatoms. The molecule has 0 saturated carbocycles. The van der Waals surface area contributed by atoms with Crippen LogP contribution in [0.3, 0.4) is 0 Å². The van der Waals surface area contributed by atoms with Crippen molar-refractivity contribution in [3.05, 3.63) is 42.4 Å². The number of ether oxygens (including phenoxy) is 1. The Hall–Kier alpha value is -2.63. The van der Waals surface area contributed by atoms with E-state index in [0.717, 1.165) is 29.0 Å². The summed E-state index contributed by atoms with van der Waals surface area (Å²) in [5, 5.41) is 11.4. The van der Waals surface area contributed by atoms with Crippen molar-refractivity contribution in [2.75, 3.05) is 32.1 Å². The van der Waals surface area contributed by atoms with Crippen molar-refractivity contribution in [2.45, 2.75) is 6.42 Å². The third-order valence-corrected chi connectivity index (χ3v) is 4.09. The van der Waals surface area contributed by atoms with Gasteiger partial charge in [0, 0.05) is 26.7 Å². The van der Waals surface area contributed by atoms with E-state index in [-0.39, 0.29) is 24.0 Å². The van der Waals surface area contributed by atoms with Gasteiger partial charge in [-0.15, -0.1) is 24.0 Å². The molecule has 0 unspecified atom stereocenters. The highest BCUT2D eigenvalue weighted by Crippen LogP contribution is 2.17. The van der Waals surface area contributed by atoms with Crippen molar-refractivity contribution in [1.82, 2.24) is 25.1 Å². The van der Waals surface area contributed by atoms with E-state index in [2.05, 4.69) is 30.7 Å². The van der Waals surface area contributed by atoms with E-state index in [0.29, 0.717) is 25.6 Å². The normalized spacial score (nSPS) is 11.1. The monoisotopic (exact) mass is 496 g/mol. The Morgan fingerprint density at radius 1 is 1.21 bits per heavy atom. The number of hydrogen-bond donors (Lipinski definition) is 3. The van der Waals surface area contributed by atoms with Gasteiger partial charge in [0.05, 0.1) is 18.7 Å². The van der Waals surface area contributed by atoms with E-state index in [1.165, 1.54) is 11.9 Å². The molecule has 2 heterocycles. The summed E-state index contributed by atoms with van der Waals surface area (Å²) < 4.78 is 6.86. The topological polar surface area (TPSA) is 115 Å². The van der Waals surface area contributed by atoms with Crippen LogP contribution in [0.1, 0.15) is 5.56 Å². The largest absolute Gasteiger partial charge is 0.497 e. The summed E-state index contributed by atoms with van der Waals surface area (Å²) >= 11 is 0. The molecule has 0 radical (unpaired) electrons. The molecule has 2 aromatic heterocycles. The number of halogens is 1. The van der Waals surface area contributed by atoms with Crippen LogP contribution in [-0.2, 0) is 13.5 Å². The van der Waals surface area contributed by atoms with Gasteiger partial charge in [0.1, 0.15) is 17.9 Å². The first-order valence-electron chi connectivity index (χ1n) is 8.70. The van der Waals surface area contributed by atoms with Gasteiger partial charge in [0.2, 0.25) is 0 Å². The number of fused-ring (bicyclic) bond motifs is 1. The second-order valence-corrected chi connectivity index (χ2v) is 5.95. The molecule has 0 aliphatic rings. The molecule has 3 aromatic rings. The van der Waals surface area contributed by atoms with Crippen molar-refractivity contribution in [2.24, 2.45) is 17.8 Å². The number of guanidine groups is 1. The maximum atomic E-state index is 5.91. The van der Waals surface area contributed by atoms with Crippen molar-refractivity contribution in [3.8, 4) is 5.75 Å². The number of nitrogens with one attached hydrogen (secondary N) is 2. The van der Waals surface area contributed by atoms with Crippen LogP contribution in [0.5, 0.6) is 5.75 Å². The molecule has 0 saturated heterocycles. The van der Waals surface area contributed by atoms with Crippen molar-refractivity contribution < 1.29 is 4.74 Å². The summed E-state index contributed by atoms with van der Waals surface area (Å²) in [7, 11) is 3.51. The number of nitrogens with zero attached hydrogens (tertiary/aromatic N) is 5. The minimum absolute atomic E-state index is 0. The van der Waals surface area contributed by atoms with Gasteiger partial charge < -0.3 is 21.1 Å². The van der Waals surface area contributed by atoms with Gasteiger partial charge in [0.25, 0.3) is 0 Å². The lowest BCUT2D eigenvalue weighted by Crippen LogP contribution is -2.35. The Bertz CT molecular complexity index is 910. The van der Waals surface area contributed by atoms with Crippen LogP contribution in [0.15, 0.2) is 41.8 Å². The second-order valence-electron chi connectivity index (χ2n) is 5.95. The van der Waals surface area contributed by atoms with Crippen molar-refractivity contribution in [1.29, 1.82) is 0 Å². The van der Waals surface area contributed by atoms with Gasteiger partial charge in [-0.1, -0.05) is 12.1 Å². The van der Waals surface area contributed by atoms with Gasteiger partial charge in [-0.3, -0.25) is 9.67 Å². The minimum atomic E-state index is 0. The fraction of sp³-hybridized carbons (Fsp3) is 0.333. The minimum Gasteiger partial charge on any atom is -0.497 e. The maximum Gasteiger partial charge on any atom is 0.188 e. The first-order valence-corrected chi connectivity index (χ1v) is 8.70. The van der Waals surface area contributed by atoms with Crippen LogP contribution in [0.2, 0.25) is 0 Å². The van der Waals surface area contributed by atoms with Crippen molar-refractivity contribution >= 4 is 46.8 Å². The summed E-state index contributed by atoms with van der Waals surface area (Å²) in [5.41, 5.74) is 7.89. The van der Waals surface area contributed by atoms with Crippen LogP contribution in [-0.4, -0.2) is 52.5 Å². The molecular formula is C18H25IN8O. The number of benzene rings is 1. The number of aliphatic imine (C=N–C) groups is 1. The maximum absolute atomic E-state index is 5.91. The molecule has 0 aliphatic carbocycles. The van der Waals surface area contributed by atoms with Crippen LogP contribution in [0.25, 0.3) is 11.0 Å². The highest BCUT2D eigenvalue weighted by atomic mass is 127. The molecule has 0 bridgehead atoms.